The summed E-state index contributed by atoms with van der Waals surface area (Å²) in [6, 6.07) is 12.1. The van der Waals surface area contributed by atoms with Crippen molar-refractivity contribution < 1.29 is 9.15 Å². The average Bonchev–Trinajstić information content (AvgIpc) is 3.15. The van der Waals surface area contributed by atoms with Crippen LogP contribution in [0.5, 0.6) is 5.75 Å². The number of aromatic nitrogens is 1. The molecule has 0 N–H and O–H groups in total. The van der Waals surface area contributed by atoms with Crippen LogP contribution < -0.4 is 4.74 Å². The Morgan fingerprint density at radius 2 is 1.67 bits per heavy atom. The summed E-state index contributed by atoms with van der Waals surface area (Å²) in [5.74, 6) is 1.62. The van der Waals surface area contributed by atoms with E-state index in [9.17, 15) is 0 Å². The first-order valence-corrected chi connectivity index (χ1v) is 11.1. The smallest absolute Gasteiger partial charge is 0.220 e. The van der Waals surface area contributed by atoms with E-state index in [1.54, 1.807) is 0 Å². The highest BCUT2D eigenvalue weighted by atomic mass is 16.5. The van der Waals surface area contributed by atoms with Crippen molar-refractivity contribution in [1.82, 2.24) is 9.88 Å². The highest BCUT2D eigenvalue weighted by Crippen LogP contribution is 2.28. The molecule has 2 aromatic carbocycles. The van der Waals surface area contributed by atoms with Gasteiger partial charge in [0.1, 0.15) is 11.3 Å². The number of aryl methyl sites for hydroxylation is 2. The first-order valence-electron chi connectivity index (χ1n) is 11.1. The van der Waals surface area contributed by atoms with E-state index < -0.39 is 0 Å². The summed E-state index contributed by atoms with van der Waals surface area (Å²) < 4.78 is 12.3. The Bertz CT molecular complexity index is 928. The van der Waals surface area contributed by atoms with E-state index >= 15 is 0 Å². The highest BCUT2D eigenvalue weighted by Gasteiger charge is 2.19. The molecule has 0 aliphatic carbocycles. The Hall–Kier alpha value is -2.59. The van der Waals surface area contributed by atoms with Crippen molar-refractivity contribution >= 4 is 23.3 Å². The summed E-state index contributed by atoms with van der Waals surface area (Å²) in [5, 5.41) is 0. The summed E-state index contributed by atoms with van der Waals surface area (Å²) in [7, 11) is 0. The van der Waals surface area contributed by atoms with E-state index in [0.717, 1.165) is 65.9 Å². The van der Waals surface area contributed by atoms with Crippen LogP contribution >= 0.6 is 0 Å². The number of rotatable bonds is 10. The van der Waals surface area contributed by atoms with Gasteiger partial charge in [-0.25, -0.2) is 4.98 Å². The number of hydrogen-bond donors (Lipinski definition) is 0. The normalized spacial score (nSPS) is 12.9. The minimum Gasteiger partial charge on any atom is -0.475 e. The minimum atomic E-state index is 0.114. The van der Waals surface area contributed by atoms with Gasteiger partial charge >= 0.3 is 0 Å². The first kappa shape index (κ1) is 22.1. The van der Waals surface area contributed by atoms with Gasteiger partial charge in [0.15, 0.2) is 11.8 Å². The van der Waals surface area contributed by atoms with Crippen molar-refractivity contribution in [2.24, 2.45) is 0 Å². The lowest BCUT2D eigenvalue weighted by Crippen LogP contribution is -2.40. The van der Waals surface area contributed by atoms with Crippen molar-refractivity contribution in [3.63, 3.8) is 0 Å². The van der Waals surface area contributed by atoms with Gasteiger partial charge in [0.05, 0.1) is 0 Å². The van der Waals surface area contributed by atoms with Gasteiger partial charge < -0.3 is 9.15 Å². The number of fused-ring (bicyclic) bond motifs is 1. The molecule has 1 unspecified atom stereocenters. The molecule has 30 heavy (non-hydrogen) atoms. The van der Waals surface area contributed by atoms with Crippen molar-refractivity contribution in [2.75, 3.05) is 13.1 Å². The topological polar surface area (TPSA) is 38.5 Å². The van der Waals surface area contributed by atoms with Crippen LogP contribution in [0.25, 0.3) is 23.3 Å². The van der Waals surface area contributed by atoms with Crippen LogP contribution in [0.15, 0.2) is 40.8 Å². The lowest BCUT2D eigenvalue weighted by molar-refractivity contribution is 0.0211. The van der Waals surface area contributed by atoms with Crippen LogP contribution in [0.1, 0.15) is 62.6 Å². The van der Waals surface area contributed by atoms with E-state index in [0.29, 0.717) is 5.89 Å². The van der Waals surface area contributed by atoms with Crippen LogP contribution in [0.4, 0.5) is 0 Å². The van der Waals surface area contributed by atoms with Crippen molar-refractivity contribution in [3.05, 3.63) is 59.0 Å². The zero-order valence-corrected chi connectivity index (χ0v) is 18.9. The Morgan fingerprint density at radius 3 is 2.27 bits per heavy atom. The van der Waals surface area contributed by atoms with Gasteiger partial charge in [0.25, 0.3) is 0 Å². The van der Waals surface area contributed by atoms with Gasteiger partial charge in [-0.15, -0.1) is 0 Å². The largest absolute Gasteiger partial charge is 0.475 e. The molecule has 3 aromatic rings. The molecular weight excluding hydrogens is 372 g/mol. The van der Waals surface area contributed by atoms with Crippen LogP contribution in [-0.2, 0) is 0 Å². The molecule has 4 nitrogen and oxygen atoms in total. The van der Waals surface area contributed by atoms with Crippen LogP contribution in [0, 0.1) is 13.8 Å². The molecule has 0 bridgehead atoms. The van der Waals surface area contributed by atoms with Crippen LogP contribution in [-0.4, -0.2) is 29.2 Å². The molecule has 1 atom stereocenters. The van der Waals surface area contributed by atoms with Gasteiger partial charge in [-0.05, 0) is 80.1 Å². The zero-order valence-electron chi connectivity index (χ0n) is 18.9. The molecule has 0 aliphatic rings. The molecule has 160 valence electrons. The molecule has 1 heterocycles. The molecule has 0 amide bonds. The molecule has 3 rings (SSSR count). The first-order chi connectivity index (χ1) is 14.5. The molecular formula is C26H34N2O2. The lowest BCUT2D eigenvalue weighted by Gasteiger charge is -2.32. The van der Waals surface area contributed by atoms with E-state index in [-0.39, 0.29) is 6.23 Å². The third-order valence-corrected chi connectivity index (χ3v) is 5.24. The predicted octanol–water partition coefficient (Wildman–Crippen LogP) is 6.85. The lowest BCUT2D eigenvalue weighted by atomic mass is 10.1. The SMILES string of the molecule is CCCN(CCC)C(CC)Oc1c(C)cc(/C=C/c2nc3ccccc3o2)cc1C. The van der Waals surface area contributed by atoms with Crippen LogP contribution in [0.3, 0.4) is 0 Å². The second-order valence-corrected chi connectivity index (χ2v) is 7.85. The Labute approximate surface area is 180 Å². The predicted molar refractivity (Wildman–Crippen MR) is 126 cm³/mol. The average molecular weight is 407 g/mol. The van der Waals surface area contributed by atoms with Gasteiger partial charge in [-0.3, -0.25) is 4.90 Å². The Kier molecular flexibility index (Phi) is 7.69. The van der Waals surface area contributed by atoms with Gasteiger partial charge in [-0.2, -0.15) is 0 Å². The molecule has 0 radical (unpaired) electrons. The number of ether oxygens (including phenoxy) is 1. The monoisotopic (exact) mass is 406 g/mol. The number of nitrogens with zero attached hydrogens (tertiary/aromatic N) is 2. The second kappa shape index (κ2) is 10.4. The fourth-order valence-corrected chi connectivity index (χ4v) is 3.92. The molecule has 4 heteroatoms. The molecule has 0 aliphatic heterocycles. The van der Waals surface area contributed by atoms with Crippen molar-refractivity contribution in [3.8, 4) is 5.75 Å². The Morgan fingerprint density at radius 1 is 1.00 bits per heavy atom. The second-order valence-electron chi connectivity index (χ2n) is 7.85. The summed E-state index contributed by atoms with van der Waals surface area (Å²) in [6.07, 6.45) is 7.33. The number of hydrogen-bond acceptors (Lipinski definition) is 4. The van der Waals surface area contributed by atoms with E-state index in [2.05, 4.69) is 56.6 Å². The molecule has 0 fully saturated rings. The Balaban J connectivity index is 1.78. The number of oxazole rings is 1. The fourth-order valence-electron chi connectivity index (χ4n) is 3.92. The quantitative estimate of drug-likeness (QED) is 0.345. The molecule has 0 spiro atoms. The summed E-state index contributed by atoms with van der Waals surface area (Å²) in [5.41, 5.74) is 5.11. The molecule has 0 saturated carbocycles. The fraction of sp³-hybridized carbons (Fsp3) is 0.423. The summed E-state index contributed by atoms with van der Waals surface area (Å²) in [4.78, 5) is 6.97. The van der Waals surface area contributed by atoms with Crippen LogP contribution in [0.2, 0.25) is 0 Å². The third-order valence-electron chi connectivity index (χ3n) is 5.24. The maximum absolute atomic E-state index is 6.52. The summed E-state index contributed by atoms with van der Waals surface area (Å²) in [6.45, 7) is 13.0. The maximum Gasteiger partial charge on any atom is 0.220 e. The highest BCUT2D eigenvalue weighted by molar-refractivity contribution is 5.76. The van der Waals surface area contributed by atoms with E-state index in [1.165, 1.54) is 0 Å². The van der Waals surface area contributed by atoms with E-state index in [4.69, 9.17) is 9.15 Å². The van der Waals surface area contributed by atoms with E-state index in [1.807, 2.05) is 36.4 Å². The van der Waals surface area contributed by atoms with Gasteiger partial charge in [-0.1, -0.05) is 32.9 Å². The van der Waals surface area contributed by atoms with Gasteiger partial charge in [0.2, 0.25) is 5.89 Å². The molecule has 0 saturated heterocycles. The molecule has 1 aromatic heterocycles. The van der Waals surface area contributed by atoms with Crippen molar-refractivity contribution in [2.45, 2.75) is 60.1 Å². The maximum atomic E-state index is 6.52. The standard InChI is InChI=1S/C26H34N2O2/c1-6-15-28(16-7-2)25(8-3)30-26-19(4)17-21(18-20(26)5)13-14-24-27-22-11-9-10-12-23(22)29-24/h9-14,17-18,25H,6-8,15-16H2,1-5H3/b14-13+. The number of benzene rings is 2. The minimum absolute atomic E-state index is 0.114. The summed E-state index contributed by atoms with van der Waals surface area (Å²) >= 11 is 0. The van der Waals surface area contributed by atoms with Gasteiger partial charge in [0, 0.05) is 19.2 Å². The number of para-hydroxylation sites is 2. The van der Waals surface area contributed by atoms with Crippen molar-refractivity contribution in [1.29, 1.82) is 0 Å². The third kappa shape index (κ3) is 5.31. The zero-order chi connectivity index (χ0) is 21.5.